The average Bonchev–Trinajstić information content (AvgIpc) is 3.08. The van der Waals surface area contributed by atoms with Crippen LogP contribution in [0.3, 0.4) is 0 Å². The highest BCUT2D eigenvalue weighted by atomic mass is 79.9. The first-order valence-corrected chi connectivity index (χ1v) is 7.85. The van der Waals surface area contributed by atoms with Crippen molar-refractivity contribution >= 4 is 38.9 Å². The van der Waals surface area contributed by atoms with Gasteiger partial charge in [0, 0.05) is 10.0 Å². The quantitative estimate of drug-likeness (QED) is 0.743. The van der Waals surface area contributed by atoms with Crippen molar-refractivity contribution in [2.75, 3.05) is 5.32 Å². The maximum atomic E-state index is 12.3. The van der Waals surface area contributed by atoms with E-state index >= 15 is 0 Å². The van der Waals surface area contributed by atoms with Gasteiger partial charge in [0.25, 0.3) is 5.91 Å². The Hall–Kier alpha value is -1.99. The predicted molar refractivity (Wildman–Crippen MR) is 86.5 cm³/mol. The first kappa shape index (κ1) is 14.0. The number of hydrogen-bond donors (Lipinski definition) is 2. The molecule has 0 bridgehead atoms. The number of nitrogens with zero attached hydrogens (tertiary/aromatic N) is 2. The van der Waals surface area contributed by atoms with Crippen LogP contribution in [-0.4, -0.2) is 21.1 Å². The molecule has 3 rings (SSSR count). The minimum absolute atomic E-state index is 0.156. The summed E-state index contributed by atoms with van der Waals surface area (Å²) >= 11 is 4.75. The number of para-hydroxylation sites is 1. The molecule has 0 aliphatic heterocycles. The highest BCUT2D eigenvalue weighted by molar-refractivity contribution is 9.10. The molecule has 0 fully saturated rings. The smallest absolute Gasteiger partial charge is 0.266 e. The summed E-state index contributed by atoms with van der Waals surface area (Å²) in [5, 5.41) is 11.7. The molecule has 0 saturated heterocycles. The van der Waals surface area contributed by atoms with Crippen molar-refractivity contribution in [3.05, 3.63) is 50.9 Å². The molecule has 0 aliphatic carbocycles. The number of thiophene rings is 1. The van der Waals surface area contributed by atoms with E-state index in [1.54, 1.807) is 0 Å². The van der Waals surface area contributed by atoms with Crippen LogP contribution in [0, 0.1) is 6.92 Å². The molecule has 3 aromatic rings. The molecular formula is C14H11BrN4OS. The van der Waals surface area contributed by atoms with Gasteiger partial charge >= 0.3 is 0 Å². The Morgan fingerprint density at radius 1 is 1.33 bits per heavy atom. The Bertz CT molecular complexity index is 796. The number of nitrogens with one attached hydrogen (secondary N) is 2. The first-order chi connectivity index (χ1) is 10.1. The number of halogens is 1. The van der Waals surface area contributed by atoms with Gasteiger partial charge in [-0.1, -0.05) is 12.1 Å². The van der Waals surface area contributed by atoms with Gasteiger partial charge in [-0.05, 0) is 46.4 Å². The Balaban J connectivity index is 1.93. The largest absolute Gasteiger partial charge is 0.321 e. The van der Waals surface area contributed by atoms with Gasteiger partial charge in [0.15, 0.2) is 5.82 Å². The van der Waals surface area contributed by atoms with Gasteiger partial charge < -0.3 is 5.32 Å². The van der Waals surface area contributed by atoms with Crippen LogP contribution in [0.5, 0.6) is 0 Å². The van der Waals surface area contributed by atoms with E-state index in [1.165, 1.54) is 11.3 Å². The Morgan fingerprint density at radius 3 is 2.81 bits per heavy atom. The number of rotatable bonds is 3. The number of aromatic nitrogens is 3. The van der Waals surface area contributed by atoms with Crippen molar-refractivity contribution in [3.8, 4) is 11.4 Å². The number of benzene rings is 1. The minimum atomic E-state index is -0.156. The maximum absolute atomic E-state index is 12.3. The van der Waals surface area contributed by atoms with Crippen LogP contribution < -0.4 is 5.32 Å². The molecule has 0 aliphatic rings. The minimum Gasteiger partial charge on any atom is -0.321 e. The van der Waals surface area contributed by atoms with E-state index in [0.29, 0.717) is 16.4 Å². The SMILES string of the molecule is Cc1nc(-c2ccccc2NC(=O)c2sccc2Br)n[nH]1. The lowest BCUT2D eigenvalue weighted by atomic mass is 10.1. The Morgan fingerprint density at radius 2 is 2.14 bits per heavy atom. The summed E-state index contributed by atoms with van der Waals surface area (Å²) in [5.74, 6) is 1.14. The molecule has 2 aromatic heterocycles. The highest BCUT2D eigenvalue weighted by Gasteiger charge is 2.15. The summed E-state index contributed by atoms with van der Waals surface area (Å²) in [7, 11) is 0. The van der Waals surface area contributed by atoms with Crippen LogP contribution >= 0.6 is 27.3 Å². The van der Waals surface area contributed by atoms with Crippen LogP contribution in [0.2, 0.25) is 0 Å². The van der Waals surface area contributed by atoms with Crippen LogP contribution in [0.15, 0.2) is 40.2 Å². The second-order valence-electron chi connectivity index (χ2n) is 4.34. The van der Waals surface area contributed by atoms with Gasteiger partial charge in [-0.25, -0.2) is 4.98 Å². The van der Waals surface area contributed by atoms with Crippen LogP contribution in [-0.2, 0) is 0 Å². The molecule has 0 unspecified atom stereocenters. The zero-order valence-corrected chi connectivity index (χ0v) is 13.5. The molecule has 5 nitrogen and oxygen atoms in total. The normalized spacial score (nSPS) is 10.6. The third-order valence-electron chi connectivity index (χ3n) is 2.84. The van der Waals surface area contributed by atoms with Crippen molar-refractivity contribution in [3.63, 3.8) is 0 Å². The fourth-order valence-electron chi connectivity index (χ4n) is 1.89. The Kier molecular flexibility index (Phi) is 3.85. The second kappa shape index (κ2) is 5.79. The molecule has 0 radical (unpaired) electrons. The van der Waals surface area contributed by atoms with Crippen molar-refractivity contribution in [1.82, 2.24) is 15.2 Å². The van der Waals surface area contributed by atoms with E-state index in [2.05, 4.69) is 36.4 Å². The average molecular weight is 363 g/mol. The topological polar surface area (TPSA) is 70.7 Å². The van der Waals surface area contributed by atoms with E-state index in [-0.39, 0.29) is 5.91 Å². The zero-order chi connectivity index (χ0) is 14.8. The molecule has 0 saturated carbocycles. The third kappa shape index (κ3) is 2.88. The van der Waals surface area contributed by atoms with Gasteiger partial charge in [-0.3, -0.25) is 9.89 Å². The standard InChI is InChI=1S/C14H11BrN4OS/c1-8-16-13(19-18-8)9-4-2-3-5-11(9)17-14(20)12-10(15)6-7-21-12/h2-7H,1H3,(H,17,20)(H,16,18,19). The molecule has 106 valence electrons. The van der Waals surface area contributed by atoms with Crippen molar-refractivity contribution in [2.45, 2.75) is 6.92 Å². The molecule has 1 aromatic carbocycles. The van der Waals surface area contributed by atoms with Crippen LogP contribution in [0.4, 0.5) is 5.69 Å². The summed E-state index contributed by atoms with van der Waals surface area (Å²) < 4.78 is 0.788. The molecule has 2 N–H and O–H groups in total. The number of carbonyl (C=O) groups excluding carboxylic acids is 1. The van der Waals surface area contributed by atoms with E-state index < -0.39 is 0 Å². The Labute approximate surface area is 133 Å². The summed E-state index contributed by atoms with van der Waals surface area (Å²) in [5.41, 5.74) is 1.46. The number of H-pyrrole nitrogens is 1. The zero-order valence-electron chi connectivity index (χ0n) is 11.1. The summed E-state index contributed by atoms with van der Waals surface area (Å²) in [6.45, 7) is 1.83. The van der Waals surface area contributed by atoms with E-state index in [1.807, 2.05) is 42.6 Å². The van der Waals surface area contributed by atoms with E-state index in [9.17, 15) is 4.79 Å². The fourth-order valence-corrected chi connectivity index (χ4v) is 3.33. The van der Waals surface area contributed by atoms with Gasteiger partial charge in [0.2, 0.25) is 0 Å². The second-order valence-corrected chi connectivity index (χ2v) is 6.11. The lowest BCUT2D eigenvalue weighted by Gasteiger charge is -2.08. The monoisotopic (exact) mass is 362 g/mol. The van der Waals surface area contributed by atoms with Crippen molar-refractivity contribution in [2.24, 2.45) is 0 Å². The summed E-state index contributed by atoms with van der Waals surface area (Å²) in [4.78, 5) is 17.2. The number of hydrogen-bond acceptors (Lipinski definition) is 4. The lowest BCUT2D eigenvalue weighted by Crippen LogP contribution is -2.11. The number of aryl methyl sites for hydroxylation is 1. The molecular weight excluding hydrogens is 352 g/mol. The molecule has 7 heteroatoms. The number of anilines is 1. The van der Waals surface area contributed by atoms with Gasteiger partial charge in [0.05, 0.1) is 5.69 Å². The van der Waals surface area contributed by atoms with E-state index in [4.69, 9.17) is 0 Å². The third-order valence-corrected chi connectivity index (χ3v) is 4.67. The maximum Gasteiger partial charge on any atom is 0.266 e. The predicted octanol–water partition coefficient (Wildman–Crippen LogP) is 3.86. The molecule has 0 atom stereocenters. The number of aromatic amines is 1. The van der Waals surface area contributed by atoms with Gasteiger partial charge in [-0.2, -0.15) is 5.10 Å². The molecule has 0 spiro atoms. The molecule has 1 amide bonds. The number of amides is 1. The summed E-state index contributed by atoms with van der Waals surface area (Å²) in [6.07, 6.45) is 0. The lowest BCUT2D eigenvalue weighted by molar-refractivity contribution is 0.103. The first-order valence-electron chi connectivity index (χ1n) is 6.18. The summed E-state index contributed by atoms with van der Waals surface area (Å²) in [6, 6.07) is 9.31. The van der Waals surface area contributed by atoms with Crippen LogP contribution in [0.1, 0.15) is 15.5 Å². The van der Waals surface area contributed by atoms with Gasteiger partial charge in [0.1, 0.15) is 10.7 Å². The fraction of sp³-hybridized carbons (Fsp3) is 0.0714. The van der Waals surface area contributed by atoms with Crippen molar-refractivity contribution in [1.29, 1.82) is 0 Å². The van der Waals surface area contributed by atoms with E-state index in [0.717, 1.165) is 15.9 Å². The van der Waals surface area contributed by atoms with Gasteiger partial charge in [-0.15, -0.1) is 11.3 Å². The molecule has 21 heavy (non-hydrogen) atoms. The van der Waals surface area contributed by atoms with Crippen molar-refractivity contribution < 1.29 is 4.79 Å². The van der Waals surface area contributed by atoms with Crippen LogP contribution in [0.25, 0.3) is 11.4 Å². The molecule has 2 heterocycles. The number of carbonyl (C=O) groups is 1. The highest BCUT2D eigenvalue weighted by Crippen LogP contribution is 2.28.